The van der Waals surface area contributed by atoms with Crippen molar-refractivity contribution >= 4 is 46.5 Å². The van der Waals surface area contributed by atoms with Crippen LogP contribution in [0.1, 0.15) is 33.2 Å². The molecule has 0 aliphatic rings. The van der Waals surface area contributed by atoms with Gasteiger partial charge in [-0.1, -0.05) is 53.0 Å². The van der Waals surface area contributed by atoms with Crippen LogP contribution in [0.25, 0.3) is 0 Å². The van der Waals surface area contributed by atoms with E-state index in [1.165, 1.54) is 6.92 Å². The summed E-state index contributed by atoms with van der Waals surface area (Å²) in [7, 11) is 0. The molecule has 0 aliphatic heterocycles. The third kappa shape index (κ3) is 5.36. The molecule has 0 aromatic heterocycles. The molecule has 0 saturated carbocycles. The standard InChI is InChI=1S/C18H16Cl3NO3/c1-11-5-3-4-6-15(11)16(24)22-17(18(19,20)21)25-14-9-7-13(8-10-14)12(2)23/h3-10,17H,1-2H3,(H,22,24)/t17-/m0/s1. The zero-order valence-electron chi connectivity index (χ0n) is 13.6. The summed E-state index contributed by atoms with van der Waals surface area (Å²) >= 11 is 17.8. The Bertz CT molecular complexity index is 770. The van der Waals surface area contributed by atoms with Crippen LogP contribution < -0.4 is 10.1 Å². The van der Waals surface area contributed by atoms with E-state index in [-0.39, 0.29) is 5.78 Å². The van der Waals surface area contributed by atoms with Crippen LogP contribution in [0.3, 0.4) is 0 Å². The summed E-state index contributed by atoms with van der Waals surface area (Å²) in [5.74, 6) is -0.140. The first-order valence-corrected chi connectivity index (χ1v) is 8.52. The fourth-order valence-electron chi connectivity index (χ4n) is 2.11. The van der Waals surface area contributed by atoms with E-state index in [0.29, 0.717) is 16.9 Å². The number of ether oxygens (including phenoxy) is 1. The molecule has 2 aromatic carbocycles. The summed E-state index contributed by atoms with van der Waals surface area (Å²) in [5, 5.41) is 2.58. The van der Waals surface area contributed by atoms with Crippen molar-refractivity contribution in [3.05, 3.63) is 65.2 Å². The van der Waals surface area contributed by atoms with Crippen LogP contribution in [0.5, 0.6) is 5.75 Å². The molecule has 0 bridgehead atoms. The largest absolute Gasteiger partial charge is 0.466 e. The van der Waals surface area contributed by atoms with Crippen molar-refractivity contribution in [1.29, 1.82) is 0 Å². The number of amides is 1. The Kier molecular flexibility index (Phi) is 6.33. The fraction of sp³-hybridized carbons (Fsp3) is 0.222. The maximum atomic E-state index is 12.4. The molecule has 0 unspecified atom stereocenters. The van der Waals surface area contributed by atoms with Crippen LogP contribution in [0.4, 0.5) is 0 Å². The zero-order chi connectivity index (χ0) is 18.6. The molecule has 132 valence electrons. The second-order valence-electron chi connectivity index (χ2n) is 5.41. The van der Waals surface area contributed by atoms with E-state index in [1.807, 2.05) is 6.07 Å². The van der Waals surface area contributed by atoms with Gasteiger partial charge in [-0.05, 0) is 49.7 Å². The number of Topliss-reactive ketones (excluding diaryl/α,β-unsaturated/α-hetero) is 1. The highest BCUT2D eigenvalue weighted by Crippen LogP contribution is 2.32. The maximum absolute atomic E-state index is 12.4. The molecule has 1 N–H and O–H groups in total. The van der Waals surface area contributed by atoms with Gasteiger partial charge in [0.2, 0.25) is 10.0 Å². The number of benzene rings is 2. The molecule has 2 rings (SSSR count). The van der Waals surface area contributed by atoms with Crippen molar-refractivity contribution in [1.82, 2.24) is 5.32 Å². The Morgan fingerprint density at radius 1 is 1.04 bits per heavy atom. The highest BCUT2D eigenvalue weighted by Gasteiger charge is 2.36. The van der Waals surface area contributed by atoms with Crippen molar-refractivity contribution in [3.8, 4) is 5.75 Å². The Balaban J connectivity index is 2.18. The van der Waals surface area contributed by atoms with Gasteiger partial charge in [0.25, 0.3) is 5.91 Å². The average Bonchev–Trinajstić information content (AvgIpc) is 2.54. The smallest absolute Gasteiger partial charge is 0.254 e. The lowest BCUT2D eigenvalue weighted by atomic mass is 10.1. The molecule has 0 aliphatic carbocycles. The van der Waals surface area contributed by atoms with E-state index in [1.54, 1.807) is 49.4 Å². The van der Waals surface area contributed by atoms with Gasteiger partial charge < -0.3 is 10.1 Å². The monoisotopic (exact) mass is 399 g/mol. The Labute approximate surface area is 161 Å². The number of hydrogen-bond acceptors (Lipinski definition) is 3. The van der Waals surface area contributed by atoms with Crippen molar-refractivity contribution < 1.29 is 14.3 Å². The number of carbonyl (C=O) groups excluding carboxylic acids is 2. The second kappa shape index (κ2) is 8.09. The molecule has 0 spiro atoms. The number of aryl methyl sites for hydroxylation is 1. The van der Waals surface area contributed by atoms with Crippen LogP contribution in [-0.4, -0.2) is 21.7 Å². The molecule has 0 fully saturated rings. The Hall–Kier alpha value is -1.75. The molecule has 0 heterocycles. The lowest BCUT2D eigenvalue weighted by Gasteiger charge is -2.26. The first-order chi connectivity index (χ1) is 11.7. The summed E-state index contributed by atoms with van der Waals surface area (Å²) in [6.45, 7) is 3.27. The quantitative estimate of drug-likeness (QED) is 0.449. The predicted molar refractivity (Wildman–Crippen MR) is 99.8 cm³/mol. The van der Waals surface area contributed by atoms with Crippen molar-refractivity contribution in [2.45, 2.75) is 23.9 Å². The maximum Gasteiger partial charge on any atom is 0.254 e. The summed E-state index contributed by atoms with van der Waals surface area (Å²) < 4.78 is 3.72. The topological polar surface area (TPSA) is 55.4 Å². The van der Waals surface area contributed by atoms with Gasteiger partial charge in [-0.2, -0.15) is 0 Å². The van der Waals surface area contributed by atoms with Gasteiger partial charge >= 0.3 is 0 Å². The van der Waals surface area contributed by atoms with E-state index < -0.39 is 15.9 Å². The molecular weight excluding hydrogens is 385 g/mol. The fourth-order valence-corrected chi connectivity index (χ4v) is 2.40. The van der Waals surface area contributed by atoms with Gasteiger partial charge in [-0.3, -0.25) is 9.59 Å². The first-order valence-electron chi connectivity index (χ1n) is 7.39. The normalized spacial score (nSPS) is 12.4. The minimum absolute atomic E-state index is 0.0719. The number of ketones is 1. The van der Waals surface area contributed by atoms with Crippen LogP contribution in [-0.2, 0) is 0 Å². The summed E-state index contributed by atoms with van der Waals surface area (Å²) in [6, 6.07) is 13.4. The van der Waals surface area contributed by atoms with E-state index in [9.17, 15) is 9.59 Å². The Morgan fingerprint density at radius 3 is 2.16 bits per heavy atom. The minimum atomic E-state index is -1.89. The van der Waals surface area contributed by atoms with Gasteiger partial charge in [0.05, 0.1) is 0 Å². The molecule has 1 amide bonds. The van der Waals surface area contributed by atoms with E-state index >= 15 is 0 Å². The lowest BCUT2D eigenvalue weighted by molar-refractivity contribution is 0.0832. The number of carbonyl (C=O) groups is 2. The number of nitrogens with one attached hydrogen (secondary N) is 1. The molecule has 1 atom stereocenters. The summed E-state index contributed by atoms with van der Waals surface area (Å²) in [5.41, 5.74) is 1.77. The lowest BCUT2D eigenvalue weighted by Crippen LogP contribution is -2.48. The van der Waals surface area contributed by atoms with E-state index in [0.717, 1.165) is 5.56 Å². The van der Waals surface area contributed by atoms with E-state index in [2.05, 4.69) is 5.32 Å². The van der Waals surface area contributed by atoms with Gasteiger partial charge in [0.1, 0.15) is 5.75 Å². The van der Waals surface area contributed by atoms with E-state index in [4.69, 9.17) is 39.5 Å². The predicted octanol–water partition coefficient (Wildman–Crippen LogP) is 4.70. The number of hydrogen-bond donors (Lipinski definition) is 1. The SMILES string of the molecule is CC(=O)c1ccc(O[C@H](NC(=O)c2ccccc2C)C(Cl)(Cl)Cl)cc1. The van der Waals surface area contributed by atoms with Crippen LogP contribution in [0.15, 0.2) is 48.5 Å². The molecule has 2 aromatic rings. The molecule has 4 nitrogen and oxygen atoms in total. The van der Waals surface area contributed by atoms with Gasteiger partial charge in [-0.15, -0.1) is 0 Å². The van der Waals surface area contributed by atoms with Gasteiger partial charge in [0.15, 0.2) is 5.78 Å². The van der Waals surface area contributed by atoms with Gasteiger partial charge in [0, 0.05) is 11.1 Å². The highest BCUT2D eigenvalue weighted by molar-refractivity contribution is 6.68. The molecule has 25 heavy (non-hydrogen) atoms. The zero-order valence-corrected chi connectivity index (χ0v) is 15.8. The van der Waals surface area contributed by atoms with Crippen molar-refractivity contribution in [2.24, 2.45) is 0 Å². The van der Waals surface area contributed by atoms with Crippen LogP contribution in [0, 0.1) is 6.92 Å². The average molecular weight is 401 g/mol. The summed E-state index contributed by atoms with van der Waals surface area (Å²) in [6.07, 6.45) is -1.22. The van der Waals surface area contributed by atoms with Crippen molar-refractivity contribution in [3.63, 3.8) is 0 Å². The Morgan fingerprint density at radius 2 is 1.64 bits per heavy atom. The second-order valence-corrected chi connectivity index (χ2v) is 7.78. The van der Waals surface area contributed by atoms with Crippen LogP contribution >= 0.6 is 34.8 Å². The number of halogens is 3. The molecular formula is C18H16Cl3NO3. The highest BCUT2D eigenvalue weighted by atomic mass is 35.6. The van der Waals surface area contributed by atoms with Crippen LogP contribution in [0.2, 0.25) is 0 Å². The number of rotatable bonds is 5. The third-order valence-corrected chi connectivity index (χ3v) is 4.06. The minimum Gasteiger partial charge on any atom is -0.466 e. The first kappa shape index (κ1) is 19.6. The van der Waals surface area contributed by atoms with Crippen molar-refractivity contribution in [2.75, 3.05) is 0 Å². The third-order valence-electron chi connectivity index (χ3n) is 3.46. The molecule has 0 saturated heterocycles. The van der Waals surface area contributed by atoms with Gasteiger partial charge in [-0.25, -0.2) is 0 Å². The molecule has 7 heteroatoms. The number of alkyl halides is 3. The summed E-state index contributed by atoms with van der Waals surface area (Å²) in [4.78, 5) is 23.8. The molecule has 0 radical (unpaired) electrons.